The fraction of sp³-hybridized carbons (Fsp3) is 0.333. The second-order valence-electron chi connectivity index (χ2n) is 5.78. The SMILES string of the molecule is COCCOc1ccc(S(=O)(=O)N[C@H](C)c2cccc(C(F)(F)F)c2)cc1. The number of hydrogen-bond acceptors (Lipinski definition) is 4. The Morgan fingerprint density at radius 1 is 1.07 bits per heavy atom. The predicted octanol–water partition coefficient (Wildman–Crippen LogP) is 3.77. The van der Waals surface area contributed by atoms with E-state index in [0.717, 1.165) is 12.1 Å². The van der Waals surface area contributed by atoms with Gasteiger partial charge < -0.3 is 9.47 Å². The largest absolute Gasteiger partial charge is 0.491 e. The molecule has 0 bridgehead atoms. The maximum Gasteiger partial charge on any atom is 0.416 e. The third-order valence-electron chi connectivity index (χ3n) is 3.74. The number of methoxy groups -OCH3 is 1. The number of hydrogen-bond donors (Lipinski definition) is 1. The van der Waals surface area contributed by atoms with Crippen LogP contribution in [0.5, 0.6) is 5.75 Å². The monoisotopic (exact) mass is 403 g/mol. The predicted molar refractivity (Wildman–Crippen MR) is 94.0 cm³/mol. The Hall–Kier alpha value is -2.10. The first kappa shape index (κ1) is 21.2. The van der Waals surface area contributed by atoms with Crippen molar-refractivity contribution in [1.29, 1.82) is 0 Å². The number of nitrogens with one attached hydrogen (secondary N) is 1. The second-order valence-corrected chi connectivity index (χ2v) is 7.49. The number of halogens is 3. The van der Waals surface area contributed by atoms with Crippen LogP contribution in [0, 0.1) is 0 Å². The number of benzene rings is 2. The molecule has 0 unspecified atom stereocenters. The Morgan fingerprint density at radius 3 is 2.33 bits per heavy atom. The standard InChI is InChI=1S/C18H20F3NO4S/c1-13(14-4-3-5-15(12-14)18(19,20)21)22-27(23,24)17-8-6-16(7-9-17)26-11-10-25-2/h3-9,12-13,22H,10-11H2,1-2H3/t13-/m1/s1. The maximum atomic E-state index is 12.8. The van der Waals surface area contributed by atoms with E-state index in [4.69, 9.17) is 9.47 Å². The molecule has 0 radical (unpaired) electrons. The molecule has 5 nitrogen and oxygen atoms in total. The zero-order chi connectivity index (χ0) is 20.1. The minimum absolute atomic E-state index is 0.0135. The van der Waals surface area contributed by atoms with Crippen LogP contribution in [0.15, 0.2) is 53.4 Å². The molecule has 0 aliphatic heterocycles. The van der Waals surface area contributed by atoms with Crippen molar-refractivity contribution in [2.24, 2.45) is 0 Å². The lowest BCUT2D eigenvalue weighted by atomic mass is 10.1. The molecule has 0 aromatic heterocycles. The van der Waals surface area contributed by atoms with Crippen LogP contribution in [0.4, 0.5) is 13.2 Å². The van der Waals surface area contributed by atoms with Crippen LogP contribution in [-0.2, 0) is 20.9 Å². The fourth-order valence-corrected chi connectivity index (χ4v) is 3.54. The number of rotatable bonds is 8. The van der Waals surface area contributed by atoms with Gasteiger partial charge in [-0.15, -0.1) is 0 Å². The maximum absolute atomic E-state index is 12.8. The van der Waals surface area contributed by atoms with Crippen LogP contribution < -0.4 is 9.46 Å². The highest BCUT2D eigenvalue weighted by Crippen LogP contribution is 2.31. The number of sulfonamides is 1. The minimum Gasteiger partial charge on any atom is -0.491 e. The van der Waals surface area contributed by atoms with Crippen LogP contribution in [0.1, 0.15) is 24.1 Å². The highest BCUT2D eigenvalue weighted by Gasteiger charge is 2.31. The summed E-state index contributed by atoms with van der Waals surface area (Å²) in [5, 5.41) is 0. The summed E-state index contributed by atoms with van der Waals surface area (Å²) in [7, 11) is -2.37. The summed E-state index contributed by atoms with van der Waals surface area (Å²) >= 11 is 0. The Bertz CT molecular complexity index is 852. The summed E-state index contributed by atoms with van der Waals surface area (Å²) in [6.45, 7) is 2.21. The molecular weight excluding hydrogens is 383 g/mol. The van der Waals surface area contributed by atoms with Crippen molar-refractivity contribution < 1.29 is 31.1 Å². The molecule has 27 heavy (non-hydrogen) atoms. The molecular formula is C18H20F3NO4S. The highest BCUT2D eigenvalue weighted by molar-refractivity contribution is 7.89. The van der Waals surface area contributed by atoms with E-state index in [1.54, 1.807) is 0 Å². The second kappa shape index (κ2) is 8.73. The molecule has 2 aromatic carbocycles. The molecule has 2 aromatic rings. The molecule has 0 aliphatic carbocycles. The topological polar surface area (TPSA) is 64.6 Å². The molecule has 2 rings (SSSR count). The van der Waals surface area contributed by atoms with Gasteiger partial charge in [0.2, 0.25) is 10.0 Å². The summed E-state index contributed by atoms with van der Waals surface area (Å²) in [4.78, 5) is -0.0135. The van der Waals surface area contributed by atoms with Crippen LogP contribution in [0.2, 0.25) is 0 Å². The van der Waals surface area contributed by atoms with Gasteiger partial charge in [0.25, 0.3) is 0 Å². The minimum atomic E-state index is -4.49. The van der Waals surface area contributed by atoms with Crippen LogP contribution in [-0.4, -0.2) is 28.7 Å². The summed E-state index contributed by atoms with van der Waals surface area (Å²) in [5.74, 6) is 0.483. The summed E-state index contributed by atoms with van der Waals surface area (Å²) in [6.07, 6.45) is -4.49. The normalized spacial score (nSPS) is 13.4. The van der Waals surface area contributed by atoms with Gasteiger partial charge in [0.1, 0.15) is 12.4 Å². The van der Waals surface area contributed by atoms with Gasteiger partial charge in [0.05, 0.1) is 17.1 Å². The smallest absolute Gasteiger partial charge is 0.416 e. The van der Waals surface area contributed by atoms with Gasteiger partial charge in [0.15, 0.2) is 0 Å². The van der Waals surface area contributed by atoms with Crippen molar-refractivity contribution in [2.45, 2.75) is 24.0 Å². The van der Waals surface area contributed by atoms with E-state index in [0.29, 0.717) is 19.0 Å². The van der Waals surface area contributed by atoms with Crippen molar-refractivity contribution in [3.8, 4) is 5.75 Å². The Labute approximate surface area is 156 Å². The zero-order valence-corrected chi connectivity index (χ0v) is 15.6. The Kier molecular flexibility index (Phi) is 6.85. The van der Waals surface area contributed by atoms with Gasteiger partial charge in [-0.2, -0.15) is 13.2 Å². The fourth-order valence-electron chi connectivity index (χ4n) is 2.31. The molecule has 0 spiro atoms. The Balaban J connectivity index is 2.11. The lowest BCUT2D eigenvalue weighted by molar-refractivity contribution is -0.137. The zero-order valence-electron chi connectivity index (χ0n) is 14.8. The average molecular weight is 403 g/mol. The van der Waals surface area contributed by atoms with Gasteiger partial charge in [-0.1, -0.05) is 12.1 Å². The van der Waals surface area contributed by atoms with E-state index in [9.17, 15) is 21.6 Å². The van der Waals surface area contributed by atoms with Crippen molar-refractivity contribution in [1.82, 2.24) is 4.72 Å². The van der Waals surface area contributed by atoms with Crippen LogP contribution in [0.3, 0.4) is 0 Å². The van der Waals surface area contributed by atoms with Crippen LogP contribution >= 0.6 is 0 Å². The van der Waals surface area contributed by atoms with Crippen molar-refractivity contribution in [3.05, 3.63) is 59.7 Å². The third kappa shape index (κ3) is 5.95. The molecule has 9 heteroatoms. The van der Waals surface area contributed by atoms with Gasteiger partial charge in [-0.25, -0.2) is 13.1 Å². The summed E-state index contributed by atoms with van der Waals surface area (Å²) in [6, 6.07) is 9.44. The number of alkyl halides is 3. The van der Waals surface area contributed by atoms with E-state index >= 15 is 0 Å². The van der Waals surface area contributed by atoms with Gasteiger partial charge in [-0.05, 0) is 48.9 Å². The van der Waals surface area contributed by atoms with Crippen molar-refractivity contribution in [2.75, 3.05) is 20.3 Å². The first-order valence-electron chi connectivity index (χ1n) is 8.05. The molecule has 148 valence electrons. The molecule has 0 saturated heterocycles. The third-order valence-corrected chi connectivity index (χ3v) is 5.29. The molecule has 0 fully saturated rings. The highest BCUT2D eigenvalue weighted by atomic mass is 32.2. The summed E-state index contributed by atoms with van der Waals surface area (Å²) in [5.41, 5.74) is -0.614. The number of ether oxygens (including phenoxy) is 2. The average Bonchev–Trinajstić information content (AvgIpc) is 2.61. The molecule has 0 saturated carbocycles. The quantitative estimate of drug-likeness (QED) is 0.682. The van der Waals surface area contributed by atoms with Gasteiger partial charge in [-0.3, -0.25) is 0 Å². The lowest BCUT2D eigenvalue weighted by Gasteiger charge is -2.16. The first-order chi connectivity index (χ1) is 12.6. The van der Waals surface area contributed by atoms with Crippen molar-refractivity contribution >= 4 is 10.0 Å². The molecule has 1 N–H and O–H groups in total. The van der Waals surface area contributed by atoms with E-state index in [1.165, 1.54) is 50.4 Å². The van der Waals surface area contributed by atoms with Gasteiger partial charge >= 0.3 is 6.18 Å². The van der Waals surface area contributed by atoms with Gasteiger partial charge in [0, 0.05) is 13.2 Å². The molecule has 1 atom stereocenters. The van der Waals surface area contributed by atoms with E-state index in [2.05, 4.69) is 4.72 Å². The van der Waals surface area contributed by atoms with E-state index < -0.39 is 27.8 Å². The first-order valence-corrected chi connectivity index (χ1v) is 9.53. The van der Waals surface area contributed by atoms with Crippen molar-refractivity contribution in [3.63, 3.8) is 0 Å². The molecule has 0 heterocycles. The lowest BCUT2D eigenvalue weighted by Crippen LogP contribution is -2.27. The Morgan fingerprint density at radius 2 is 1.74 bits per heavy atom. The molecule has 0 amide bonds. The van der Waals surface area contributed by atoms with E-state index in [1.807, 2.05) is 0 Å². The molecule has 0 aliphatic rings. The van der Waals surface area contributed by atoms with E-state index in [-0.39, 0.29) is 10.5 Å². The summed E-state index contributed by atoms with van der Waals surface area (Å²) < 4.78 is 76.0. The van der Waals surface area contributed by atoms with Crippen LogP contribution in [0.25, 0.3) is 0 Å².